The summed E-state index contributed by atoms with van der Waals surface area (Å²) in [4.78, 5) is 116. The third-order valence-corrected chi connectivity index (χ3v) is 12.0. The number of ether oxygens (including phenoxy) is 4. The van der Waals surface area contributed by atoms with E-state index in [0.717, 1.165) is 76.0 Å². The van der Waals surface area contributed by atoms with Gasteiger partial charge in [0.15, 0.2) is 0 Å². The molecule has 4 aromatic heterocycles. The van der Waals surface area contributed by atoms with Crippen LogP contribution < -0.4 is 92.9 Å². The Hall–Kier alpha value is -10.1. The Bertz CT molecular complexity index is 3800. The van der Waals surface area contributed by atoms with Crippen molar-refractivity contribution in [3.63, 3.8) is 0 Å². The summed E-state index contributed by atoms with van der Waals surface area (Å²) in [6, 6.07) is 40.0. The number of nitrogen functional groups attached to an aromatic ring is 1. The van der Waals surface area contributed by atoms with Crippen LogP contribution in [0.1, 0.15) is 81.1 Å². The maximum absolute atomic E-state index is 13.6. The number of aromatic nitrogens is 8. The first-order valence-electron chi connectivity index (χ1n) is 27.8. The van der Waals surface area contributed by atoms with E-state index in [0.29, 0.717) is 47.5 Å². The average Bonchev–Trinajstić information content (AvgIpc) is 1.02. The van der Waals surface area contributed by atoms with Crippen LogP contribution in [0, 0.1) is 0 Å². The average molecular weight is 1260 g/mol. The zero-order valence-corrected chi connectivity index (χ0v) is 54.5. The van der Waals surface area contributed by atoms with Crippen LogP contribution in [0.3, 0.4) is 0 Å². The van der Waals surface area contributed by atoms with Gasteiger partial charge in [-0.3, -0.25) is 13.9 Å². The number of pyridine rings is 2. The van der Waals surface area contributed by atoms with Gasteiger partial charge in [-0.25, -0.2) is 57.6 Å². The minimum absolute atomic E-state index is 0. The Morgan fingerprint density at radius 2 is 0.824 bits per heavy atom. The van der Waals surface area contributed by atoms with Gasteiger partial charge in [0.25, 0.3) is 0 Å². The molecular weight excluding hydrogens is 1190 g/mol. The number of anilines is 4. The van der Waals surface area contributed by atoms with Gasteiger partial charge in [0.05, 0.1) is 79.1 Å². The van der Waals surface area contributed by atoms with Crippen LogP contribution in [-0.4, -0.2) is 105 Å². The van der Waals surface area contributed by atoms with Crippen LogP contribution in [0.4, 0.5) is 23.5 Å². The molecule has 4 aromatic carbocycles. The molecule has 27 nitrogen and oxygen atoms in total. The first-order chi connectivity index (χ1) is 43.3. The predicted molar refractivity (Wildman–Crippen MR) is 338 cm³/mol. The number of nitrogens with one attached hydrogen (secondary N) is 3. The monoisotopic (exact) mass is 1260 g/mol. The van der Waals surface area contributed by atoms with Gasteiger partial charge >= 0.3 is 64.3 Å². The van der Waals surface area contributed by atoms with Crippen molar-refractivity contribution in [1.82, 2.24) is 38.2 Å². The summed E-state index contributed by atoms with van der Waals surface area (Å²) in [6.07, 6.45) is 2.50. The van der Waals surface area contributed by atoms with E-state index in [4.69, 9.17) is 24.7 Å². The van der Waals surface area contributed by atoms with Crippen LogP contribution in [0.25, 0.3) is 0 Å². The van der Waals surface area contributed by atoms with E-state index in [-0.39, 0.29) is 74.2 Å². The van der Waals surface area contributed by atoms with Crippen molar-refractivity contribution in [3.05, 3.63) is 209 Å². The van der Waals surface area contributed by atoms with Crippen molar-refractivity contribution in [2.75, 3.05) is 56.7 Å². The molecular formula is C62H73BN12NaO15. The number of aldehydes is 1. The summed E-state index contributed by atoms with van der Waals surface area (Å²) in [5, 5.41) is 9.48. The Morgan fingerprint density at radius 3 is 1.12 bits per heavy atom. The zero-order valence-electron chi connectivity index (χ0n) is 52.5. The molecule has 0 saturated heterocycles. The fraction of sp³-hybridized carbons (Fsp3) is 0.290. The second-order valence-corrected chi connectivity index (χ2v) is 18.8. The van der Waals surface area contributed by atoms with E-state index >= 15 is 0 Å². The van der Waals surface area contributed by atoms with Crippen molar-refractivity contribution in [3.8, 4) is 23.0 Å². The van der Waals surface area contributed by atoms with E-state index in [1.807, 2.05) is 85.8 Å². The van der Waals surface area contributed by atoms with Crippen LogP contribution in [0.5, 0.6) is 23.0 Å². The fourth-order valence-electron chi connectivity index (χ4n) is 7.52. The molecule has 0 atom stereocenters. The maximum Gasteiger partial charge on any atom is 1.00 e. The van der Waals surface area contributed by atoms with Crippen LogP contribution in [0.15, 0.2) is 153 Å². The fourth-order valence-corrected chi connectivity index (χ4v) is 7.52. The Balaban J connectivity index is 0.000000376. The first-order valence-corrected chi connectivity index (χ1v) is 27.8. The van der Waals surface area contributed by atoms with E-state index < -0.39 is 40.7 Å². The normalized spacial score (nSPS) is 9.91. The first kappa shape index (κ1) is 75.2. The molecule has 0 aliphatic heterocycles. The summed E-state index contributed by atoms with van der Waals surface area (Å²) in [6.45, 7) is 9.35. The van der Waals surface area contributed by atoms with Crippen molar-refractivity contribution in [2.24, 2.45) is 0 Å². The molecule has 0 aliphatic carbocycles. The van der Waals surface area contributed by atoms with Crippen molar-refractivity contribution in [1.29, 1.82) is 0 Å². The molecule has 8 rings (SSSR count). The molecule has 29 heteroatoms. The molecule has 0 fully saturated rings. The van der Waals surface area contributed by atoms with Gasteiger partial charge in [-0.1, -0.05) is 74.5 Å². The molecule has 0 saturated carbocycles. The Morgan fingerprint density at radius 1 is 0.495 bits per heavy atom. The van der Waals surface area contributed by atoms with Crippen LogP contribution in [0.2, 0.25) is 0 Å². The van der Waals surface area contributed by atoms with Crippen molar-refractivity contribution < 1.29 is 82.1 Å². The SMILES string of the molecule is CC(=O)OOC(C)=O.CCC=O.CCCNc1cccc(CNc2nc(=O)n(Cc3ccc(OC)cc3)c(=O)n2Cc2ccc(OC)cc2)n1.COc1ccc(Cn2c(NCc3cccc(N)n3)nc(=O)n(Cc3ccc(OC)cc3)c2=O)cc1.[B-]OC(C)=O.[Na+]. The molecule has 3 radical (unpaired) electrons. The second kappa shape index (κ2) is 40.5. The minimum atomic E-state index is -0.653. The van der Waals surface area contributed by atoms with Crippen molar-refractivity contribution in [2.45, 2.75) is 86.7 Å². The Kier molecular flexibility index (Phi) is 33.4. The van der Waals surface area contributed by atoms with Gasteiger partial charge in [0.1, 0.15) is 40.9 Å². The van der Waals surface area contributed by atoms with E-state index in [1.54, 1.807) is 83.0 Å². The van der Waals surface area contributed by atoms with E-state index in [9.17, 15) is 38.4 Å². The summed E-state index contributed by atoms with van der Waals surface area (Å²) in [5.74, 6) is 2.52. The largest absolute Gasteiger partial charge is 1.00 e. The van der Waals surface area contributed by atoms with E-state index in [1.165, 1.54) is 16.1 Å². The number of rotatable bonds is 22. The van der Waals surface area contributed by atoms with E-state index in [2.05, 4.69) is 65.3 Å². The number of hydrogen-bond acceptors (Lipinski definition) is 23. The summed E-state index contributed by atoms with van der Waals surface area (Å²) < 4.78 is 29.6. The number of benzene rings is 4. The quantitative estimate of drug-likeness (QED) is 0.0328. The summed E-state index contributed by atoms with van der Waals surface area (Å²) in [7, 11) is 10.7. The van der Waals surface area contributed by atoms with Gasteiger partial charge in [-0.2, -0.15) is 9.97 Å². The van der Waals surface area contributed by atoms with Crippen LogP contribution >= 0.6 is 0 Å². The molecule has 5 N–H and O–H groups in total. The number of nitrogens with zero attached hydrogens (tertiary/aromatic N) is 8. The molecule has 0 spiro atoms. The third kappa shape index (κ3) is 26.3. The maximum atomic E-state index is 13.6. The number of hydrogen-bond donors (Lipinski definition) is 4. The number of carbonyl (C=O) groups is 4. The topological polar surface area (TPSA) is 335 Å². The van der Waals surface area contributed by atoms with Gasteiger partial charge in [0, 0.05) is 33.7 Å². The minimum Gasteiger partial charge on any atom is -0.793 e. The molecule has 8 aromatic rings. The Labute approximate surface area is 548 Å². The smallest absolute Gasteiger partial charge is 0.793 e. The standard InChI is InChI=1S/C28H32N6O4.C25H26N6O4.C4H6O4.C3H6O.C2H3BO2.Na/c1-4-16-29-25-7-5-6-22(31-25)17-30-26-32-27(35)34(19-21-10-14-24(38-3)15-11-21)28(36)33(26)18-20-8-12-23(37-2)13-9-20;1-34-20-10-6-17(7-11-20)15-30-23(27-14-19-4-3-5-22(26)28-19)29-24(32)31(25(30)33)16-18-8-12-21(35-2)13-9-18;1-3(5)7-8-4(2)6;1-2-3-4;1-2(4)5-3;/h5-15H,4,16-19H2,1-3H3,(H,29,31)(H,30,32,35);3-13H,14-16H2,1-2H3,(H2,26,28)(H,27,29,32);1-2H3;3H,2H2,1H3;1H3;/q;;;;-1;+1. The molecule has 4 heterocycles. The van der Waals surface area contributed by atoms with Gasteiger partial charge < -0.3 is 58.1 Å². The number of methoxy groups -OCH3 is 4. The predicted octanol–water partition coefficient (Wildman–Crippen LogP) is 2.72. The molecule has 0 bridgehead atoms. The van der Waals surface area contributed by atoms with Gasteiger partial charge in [-0.15, -0.1) is 0 Å². The molecule has 91 heavy (non-hydrogen) atoms. The number of carbonyl (C=O) groups excluding carboxylic acids is 4. The van der Waals surface area contributed by atoms with Gasteiger partial charge in [0.2, 0.25) is 17.9 Å². The summed E-state index contributed by atoms with van der Waals surface area (Å²) in [5.41, 5.74) is 8.17. The van der Waals surface area contributed by atoms with Gasteiger partial charge in [-0.05, 0) is 101 Å². The zero-order chi connectivity index (χ0) is 66.0. The summed E-state index contributed by atoms with van der Waals surface area (Å²) >= 11 is 0. The second-order valence-electron chi connectivity index (χ2n) is 18.8. The molecule has 0 amide bonds. The number of nitrogens with two attached hydrogens (primary N) is 1. The molecule has 0 unspecified atom stereocenters. The van der Waals surface area contributed by atoms with Crippen molar-refractivity contribution >= 4 is 55.8 Å². The molecule has 475 valence electrons. The molecule has 0 aliphatic rings. The van der Waals surface area contributed by atoms with Crippen LogP contribution in [-0.2, 0) is 72.9 Å². The third-order valence-electron chi connectivity index (χ3n) is 12.0.